The van der Waals surface area contributed by atoms with Gasteiger partial charge in [-0.05, 0) is 37.9 Å². The Balaban J connectivity index is 2.13. The largest absolute Gasteiger partial charge is 0.241 e. The van der Waals surface area contributed by atoms with Gasteiger partial charge in [0.05, 0.1) is 4.90 Å². The lowest BCUT2D eigenvalue weighted by Gasteiger charge is -2.23. The molecule has 0 heterocycles. The molecule has 1 aromatic carbocycles. The Labute approximate surface area is 129 Å². The molecule has 0 saturated heterocycles. The lowest BCUT2D eigenvalue weighted by Crippen LogP contribution is -2.36. The Bertz CT molecular complexity index is 627. The van der Waals surface area contributed by atoms with Crippen molar-refractivity contribution in [2.75, 3.05) is 0 Å². The summed E-state index contributed by atoms with van der Waals surface area (Å²) in [5.41, 5.74) is 2.35. The third kappa shape index (κ3) is 4.53. The highest BCUT2D eigenvalue weighted by Gasteiger charge is 2.28. The average Bonchev–Trinajstić information content (AvgIpc) is 2.74. The van der Waals surface area contributed by atoms with E-state index >= 15 is 0 Å². The summed E-state index contributed by atoms with van der Waals surface area (Å²) in [6.07, 6.45) is 4.08. The molecule has 0 aromatic heterocycles. The lowest BCUT2D eigenvalue weighted by atomic mass is 10.2. The van der Waals surface area contributed by atoms with E-state index in [1.54, 1.807) is 12.1 Å². The molecule has 0 spiro atoms. The zero-order valence-corrected chi connectivity index (χ0v) is 15.1. The van der Waals surface area contributed by atoms with Crippen LogP contribution in [0.15, 0.2) is 40.8 Å². The van der Waals surface area contributed by atoms with Gasteiger partial charge in [0.1, 0.15) is 0 Å². The van der Waals surface area contributed by atoms with Crippen LogP contribution in [0.3, 0.4) is 0 Å². The van der Waals surface area contributed by atoms with Gasteiger partial charge in [0.15, 0.2) is 0 Å². The summed E-state index contributed by atoms with van der Waals surface area (Å²) in [5, 5.41) is 0. The van der Waals surface area contributed by atoms with E-state index in [4.69, 9.17) is 0 Å². The van der Waals surface area contributed by atoms with Crippen LogP contribution in [-0.2, 0) is 10.0 Å². The second-order valence-electron chi connectivity index (χ2n) is 7.08. The second-order valence-corrected chi connectivity index (χ2v) is 14.3. The van der Waals surface area contributed by atoms with Gasteiger partial charge in [0, 0.05) is 14.1 Å². The number of sulfonamides is 1. The van der Waals surface area contributed by atoms with Crippen molar-refractivity contribution in [1.29, 1.82) is 0 Å². The van der Waals surface area contributed by atoms with Crippen molar-refractivity contribution in [3.05, 3.63) is 41.5 Å². The number of hydrogen-bond acceptors (Lipinski definition) is 2. The normalized spacial score (nSPS) is 19.6. The first-order valence-electron chi connectivity index (χ1n) is 7.45. The SMILES string of the molecule is Cc1ccc(S(=O)(=O)NC2CCC=C2C[Si](C)(C)C)cc1. The zero-order valence-electron chi connectivity index (χ0n) is 13.3. The molecule has 1 aliphatic carbocycles. The predicted octanol–water partition coefficient (Wildman–Crippen LogP) is 3.70. The van der Waals surface area contributed by atoms with Gasteiger partial charge in [-0.15, -0.1) is 0 Å². The summed E-state index contributed by atoms with van der Waals surface area (Å²) >= 11 is 0. The Kier molecular flexibility index (Phi) is 4.75. The molecule has 1 unspecified atom stereocenters. The maximum atomic E-state index is 12.5. The highest BCUT2D eigenvalue weighted by atomic mass is 32.2. The van der Waals surface area contributed by atoms with Crippen molar-refractivity contribution in [3.63, 3.8) is 0 Å². The summed E-state index contributed by atoms with van der Waals surface area (Å²) in [7, 11) is -4.65. The Hall–Kier alpha value is -0.913. The lowest BCUT2D eigenvalue weighted by molar-refractivity contribution is 0.564. The Morgan fingerprint density at radius 1 is 1.19 bits per heavy atom. The average molecular weight is 324 g/mol. The van der Waals surface area contributed by atoms with E-state index in [-0.39, 0.29) is 6.04 Å². The van der Waals surface area contributed by atoms with Crippen molar-refractivity contribution in [1.82, 2.24) is 4.72 Å². The predicted molar refractivity (Wildman–Crippen MR) is 90.8 cm³/mol. The molecule has 2 rings (SSSR count). The van der Waals surface area contributed by atoms with Crippen molar-refractivity contribution in [2.24, 2.45) is 0 Å². The molecule has 0 radical (unpaired) electrons. The fourth-order valence-corrected chi connectivity index (χ4v) is 5.57. The van der Waals surface area contributed by atoms with E-state index in [1.807, 2.05) is 19.1 Å². The molecule has 0 saturated carbocycles. The van der Waals surface area contributed by atoms with E-state index in [9.17, 15) is 8.42 Å². The van der Waals surface area contributed by atoms with Gasteiger partial charge >= 0.3 is 0 Å². The van der Waals surface area contributed by atoms with Crippen LogP contribution < -0.4 is 4.72 Å². The zero-order chi connectivity index (χ0) is 15.7. The molecule has 0 fully saturated rings. The first-order valence-corrected chi connectivity index (χ1v) is 12.6. The van der Waals surface area contributed by atoms with Crippen LogP contribution in [0, 0.1) is 6.92 Å². The van der Waals surface area contributed by atoms with Gasteiger partial charge in [-0.25, -0.2) is 13.1 Å². The van der Waals surface area contributed by atoms with Crippen LogP contribution in [0.5, 0.6) is 0 Å². The summed E-state index contributed by atoms with van der Waals surface area (Å²) in [4.78, 5) is 0.354. The van der Waals surface area contributed by atoms with Crippen LogP contribution in [-0.4, -0.2) is 22.5 Å². The van der Waals surface area contributed by atoms with Crippen LogP contribution in [0.1, 0.15) is 18.4 Å². The maximum absolute atomic E-state index is 12.5. The Morgan fingerprint density at radius 2 is 1.81 bits per heavy atom. The molecule has 116 valence electrons. The topological polar surface area (TPSA) is 46.2 Å². The molecular weight excluding hydrogens is 298 g/mol. The smallest absolute Gasteiger partial charge is 0.207 e. The number of benzene rings is 1. The quantitative estimate of drug-likeness (QED) is 0.663. The maximum Gasteiger partial charge on any atom is 0.241 e. The monoisotopic (exact) mass is 323 g/mol. The third-order valence-corrected chi connectivity index (χ3v) is 6.63. The van der Waals surface area contributed by atoms with Crippen molar-refractivity contribution >= 4 is 18.1 Å². The Morgan fingerprint density at radius 3 is 2.38 bits per heavy atom. The van der Waals surface area contributed by atoms with Gasteiger partial charge in [-0.1, -0.05) is 49.0 Å². The number of rotatable bonds is 5. The minimum atomic E-state index is -3.42. The van der Waals surface area contributed by atoms with Gasteiger partial charge < -0.3 is 0 Å². The van der Waals surface area contributed by atoms with Crippen LogP contribution in [0.4, 0.5) is 0 Å². The minimum Gasteiger partial charge on any atom is -0.207 e. The highest BCUT2D eigenvalue weighted by Crippen LogP contribution is 2.28. The summed E-state index contributed by atoms with van der Waals surface area (Å²) in [6.45, 7) is 8.91. The molecule has 0 aliphatic heterocycles. The molecule has 21 heavy (non-hydrogen) atoms. The summed E-state index contributed by atoms with van der Waals surface area (Å²) in [6, 6.07) is 8.06. The van der Waals surface area contributed by atoms with Gasteiger partial charge in [-0.2, -0.15) is 0 Å². The highest BCUT2D eigenvalue weighted by molar-refractivity contribution is 7.89. The van der Waals surface area contributed by atoms with E-state index in [0.29, 0.717) is 4.90 Å². The van der Waals surface area contributed by atoms with Crippen molar-refractivity contribution < 1.29 is 8.42 Å². The van der Waals surface area contributed by atoms with Crippen LogP contribution in [0.2, 0.25) is 25.7 Å². The minimum absolute atomic E-state index is 0.0250. The molecule has 1 atom stereocenters. The molecule has 0 amide bonds. The molecular formula is C16H25NO2SSi. The summed E-state index contributed by atoms with van der Waals surface area (Å²) in [5.74, 6) is 0. The molecule has 3 nitrogen and oxygen atoms in total. The van der Waals surface area contributed by atoms with Gasteiger partial charge in [-0.3, -0.25) is 0 Å². The van der Waals surface area contributed by atoms with E-state index in [0.717, 1.165) is 24.4 Å². The fourth-order valence-electron chi connectivity index (χ4n) is 2.68. The second kappa shape index (κ2) is 6.06. The van der Waals surface area contributed by atoms with Crippen LogP contribution >= 0.6 is 0 Å². The van der Waals surface area contributed by atoms with Crippen LogP contribution in [0.25, 0.3) is 0 Å². The number of nitrogens with one attached hydrogen (secondary N) is 1. The van der Waals surface area contributed by atoms with Crippen molar-refractivity contribution in [3.8, 4) is 0 Å². The fraction of sp³-hybridized carbons (Fsp3) is 0.500. The molecule has 5 heteroatoms. The standard InChI is InChI=1S/C16H25NO2SSi/c1-13-8-10-15(11-9-13)20(18,19)17-16-7-5-6-14(16)12-21(2,3)4/h6,8-11,16-17H,5,7,12H2,1-4H3. The first-order chi connectivity index (χ1) is 9.67. The number of allylic oxidation sites excluding steroid dienone is 1. The molecule has 0 bridgehead atoms. The molecule has 1 N–H and O–H groups in total. The number of hydrogen-bond donors (Lipinski definition) is 1. The van der Waals surface area contributed by atoms with E-state index < -0.39 is 18.1 Å². The number of aryl methyl sites for hydroxylation is 1. The molecule has 1 aromatic rings. The van der Waals surface area contributed by atoms with Crippen molar-refractivity contribution in [2.45, 2.75) is 56.4 Å². The third-order valence-electron chi connectivity index (χ3n) is 3.67. The van der Waals surface area contributed by atoms with Gasteiger partial charge in [0.25, 0.3) is 0 Å². The van der Waals surface area contributed by atoms with E-state index in [2.05, 4.69) is 30.4 Å². The summed E-state index contributed by atoms with van der Waals surface area (Å²) < 4.78 is 27.9. The van der Waals surface area contributed by atoms with E-state index in [1.165, 1.54) is 5.57 Å². The van der Waals surface area contributed by atoms with Gasteiger partial charge in [0.2, 0.25) is 10.0 Å². The molecule has 1 aliphatic rings. The first kappa shape index (κ1) is 16.5.